The zero-order valence-electron chi connectivity index (χ0n) is 13.6. The lowest BCUT2D eigenvalue weighted by molar-refractivity contribution is 0.416. The highest BCUT2D eigenvalue weighted by Crippen LogP contribution is 2.33. The monoisotopic (exact) mass is 303 g/mol. The van der Waals surface area contributed by atoms with Crippen molar-refractivity contribution in [2.24, 2.45) is 0 Å². The summed E-state index contributed by atoms with van der Waals surface area (Å²) in [6, 6.07) is 7.01. The number of benzene rings is 1. The largest absolute Gasteiger partial charge is 0.496 e. The lowest BCUT2D eigenvalue weighted by atomic mass is 9.95. The van der Waals surface area contributed by atoms with Crippen LogP contribution < -0.4 is 10.1 Å². The molecule has 0 aliphatic carbocycles. The first-order chi connectivity index (χ1) is 10.1. The van der Waals surface area contributed by atoms with Crippen molar-refractivity contribution >= 4 is 11.3 Å². The highest BCUT2D eigenvalue weighted by Gasteiger charge is 2.18. The van der Waals surface area contributed by atoms with Crippen LogP contribution in [0, 0.1) is 20.8 Å². The molecule has 3 heteroatoms. The van der Waals surface area contributed by atoms with Gasteiger partial charge in [0.15, 0.2) is 0 Å². The van der Waals surface area contributed by atoms with Gasteiger partial charge in [-0.1, -0.05) is 19.1 Å². The lowest BCUT2D eigenvalue weighted by Gasteiger charge is -2.21. The molecule has 1 heterocycles. The van der Waals surface area contributed by atoms with Gasteiger partial charge in [-0.2, -0.15) is 0 Å². The molecular formula is C18H25NOS. The smallest absolute Gasteiger partial charge is 0.129 e. The van der Waals surface area contributed by atoms with E-state index >= 15 is 0 Å². The highest BCUT2D eigenvalue weighted by atomic mass is 32.1. The van der Waals surface area contributed by atoms with E-state index in [2.05, 4.69) is 56.6 Å². The van der Waals surface area contributed by atoms with Crippen molar-refractivity contribution in [3.05, 3.63) is 50.7 Å². The lowest BCUT2D eigenvalue weighted by Crippen LogP contribution is -2.23. The van der Waals surface area contributed by atoms with Crippen molar-refractivity contribution in [1.82, 2.24) is 5.32 Å². The molecule has 0 fully saturated rings. The third-order valence-electron chi connectivity index (χ3n) is 3.91. The van der Waals surface area contributed by atoms with E-state index in [9.17, 15) is 0 Å². The summed E-state index contributed by atoms with van der Waals surface area (Å²) < 4.78 is 5.34. The summed E-state index contributed by atoms with van der Waals surface area (Å²) >= 11 is 1.76. The van der Waals surface area contributed by atoms with Gasteiger partial charge in [0.1, 0.15) is 5.75 Å². The Morgan fingerprint density at radius 1 is 1.10 bits per heavy atom. The minimum atomic E-state index is 0.248. The molecule has 1 atom stereocenters. The summed E-state index contributed by atoms with van der Waals surface area (Å²) in [6.07, 6.45) is 1.13. The summed E-state index contributed by atoms with van der Waals surface area (Å²) in [7, 11) is 1.72. The SMILES string of the molecule is CCCNC(c1cc(OC)cs1)c1cc(C)c(C)cc1C. The number of hydrogen-bond acceptors (Lipinski definition) is 3. The molecule has 1 unspecified atom stereocenters. The van der Waals surface area contributed by atoms with Gasteiger partial charge < -0.3 is 10.1 Å². The fraction of sp³-hybridized carbons (Fsp3) is 0.444. The maximum absolute atomic E-state index is 5.34. The van der Waals surface area contributed by atoms with E-state index in [1.54, 1.807) is 18.4 Å². The van der Waals surface area contributed by atoms with Crippen molar-refractivity contribution in [2.75, 3.05) is 13.7 Å². The van der Waals surface area contributed by atoms with Crippen molar-refractivity contribution in [3.8, 4) is 5.75 Å². The third kappa shape index (κ3) is 3.66. The molecule has 0 radical (unpaired) electrons. The quantitative estimate of drug-likeness (QED) is 0.830. The molecule has 0 bridgehead atoms. The Kier molecular flexibility index (Phi) is 5.43. The average Bonchev–Trinajstić information content (AvgIpc) is 2.93. The van der Waals surface area contributed by atoms with Gasteiger partial charge in [-0.15, -0.1) is 11.3 Å². The fourth-order valence-corrected chi connectivity index (χ4v) is 3.49. The Morgan fingerprint density at radius 2 is 1.81 bits per heavy atom. The van der Waals surface area contributed by atoms with Crippen molar-refractivity contribution in [2.45, 2.75) is 40.2 Å². The molecule has 0 aliphatic heterocycles. The Labute approximate surface area is 132 Å². The molecular weight excluding hydrogens is 278 g/mol. The third-order valence-corrected chi connectivity index (χ3v) is 4.88. The second-order valence-corrected chi connectivity index (χ2v) is 6.51. The maximum atomic E-state index is 5.34. The van der Waals surface area contributed by atoms with Crippen LogP contribution in [0.5, 0.6) is 5.75 Å². The number of rotatable bonds is 6. The van der Waals surface area contributed by atoms with E-state index in [1.807, 2.05) is 0 Å². The van der Waals surface area contributed by atoms with Crippen LogP contribution >= 0.6 is 11.3 Å². The van der Waals surface area contributed by atoms with E-state index in [1.165, 1.54) is 27.1 Å². The van der Waals surface area contributed by atoms with Gasteiger partial charge in [0.2, 0.25) is 0 Å². The fourth-order valence-electron chi connectivity index (χ4n) is 2.54. The standard InChI is InChI=1S/C18H25NOS/c1-6-7-19-18(17-10-15(20-5)11-21-17)16-9-13(3)12(2)8-14(16)4/h8-11,18-19H,6-7H2,1-5H3. The van der Waals surface area contributed by atoms with E-state index in [4.69, 9.17) is 4.74 Å². The molecule has 21 heavy (non-hydrogen) atoms. The first-order valence-corrected chi connectivity index (χ1v) is 8.38. The molecule has 1 aromatic heterocycles. The average molecular weight is 303 g/mol. The minimum Gasteiger partial charge on any atom is -0.496 e. The molecule has 0 spiro atoms. The second kappa shape index (κ2) is 7.10. The molecule has 1 N–H and O–H groups in total. The van der Waals surface area contributed by atoms with E-state index in [0.29, 0.717) is 0 Å². The van der Waals surface area contributed by atoms with Crippen LogP contribution in [-0.2, 0) is 0 Å². The number of thiophene rings is 1. The predicted molar refractivity (Wildman–Crippen MR) is 91.7 cm³/mol. The maximum Gasteiger partial charge on any atom is 0.129 e. The first-order valence-electron chi connectivity index (χ1n) is 7.50. The van der Waals surface area contributed by atoms with Gasteiger partial charge in [0, 0.05) is 10.3 Å². The molecule has 2 rings (SSSR count). The van der Waals surface area contributed by atoms with E-state index in [-0.39, 0.29) is 6.04 Å². The summed E-state index contributed by atoms with van der Waals surface area (Å²) in [5.41, 5.74) is 5.42. The molecule has 1 aromatic carbocycles. The van der Waals surface area contributed by atoms with Gasteiger partial charge in [0.05, 0.1) is 13.2 Å². The Morgan fingerprint density at radius 3 is 2.43 bits per heavy atom. The molecule has 2 nitrogen and oxygen atoms in total. The number of aryl methyl sites for hydroxylation is 3. The molecule has 2 aromatic rings. The Balaban J connectivity index is 2.42. The number of methoxy groups -OCH3 is 1. The van der Waals surface area contributed by atoms with Crippen molar-refractivity contribution in [3.63, 3.8) is 0 Å². The highest BCUT2D eigenvalue weighted by molar-refractivity contribution is 7.10. The number of ether oxygens (including phenoxy) is 1. The summed E-state index contributed by atoms with van der Waals surface area (Å²) in [4.78, 5) is 1.31. The number of hydrogen-bond donors (Lipinski definition) is 1. The number of nitrogens with one attached hydrogen (secondary N) is 1. The summed E-state index contributed by atoms with van der Waals surface area (Å²) in [5, 5.41) is 5.76. The van der Waals surface area contributed by atoms with Gasteiger partial charge in [0.25, 0.3) is 0 Å². The van der Waals surface area contributed by atoms with Gasteiger partial charge in [-0.25, -0.2) is 0 Å². The van der Waals surface area contributed by atoms with E-state index < -0.39 is 0 Å². The van der Waals surface area contributed by atoms with Crippen LogP contribution in [-0.4, -0.2) is 13.7 Å². The topological polar surface area (TPSA) is 21.3 Å². The van der Waals surface area contributed by atoms with Crippen LogP contribution in [0.25, 0.3) is 0 Å². The zero-order valence-corrected chi connectivity index (χ0v) is 14.4. The van der Waals surface area contributed by atoms with Crippen LogP contribution in [0.15, 0.2) is 23.6 Å². The van der Waals surface area contributed by atoms with Crippen LogP contribution in [0.2, 0.25) is 0 Å². The van der Waals surface area contributed by atoms with Crippen molar-refractivity contribution < 1.29 is 4.74 Å². The summed E-state index contributed by atoms with van der Waals surface area (Å²) in [6.45, 7) is 9.77. The Hall–Kier alpha value is -1.32. The van der Waals surface area contributed by atoms with E-state index in [0.717, 1.165) is 18.7 Å². The molecule has 0 saturated heterocycles. The molecule has 0 amide bonds. The molecule has 114 valence electrons. The zero-order chi connectivity index (χ0) is 15.4. The Bertz CT molecular complexity index is 603. The molecule has 0 aliphatic rings. The van der Waals surface area contributed by atoms with Gasteiger partial charge in [-0.05, 0) is 62.1 Å². The summed E-state index contributed by atoms with van der Waals surface area (Å²) in [5.74, 6) is 0.944. The van der Waals surface area contributed by atoms with Gasteiger partial charge in [-0.3, -0.25) is 0 Å². The van der Waals surface area contributed by atoms with Crippen LogP contribution in [0.4, 0.5) is 0 Å². The van der Waals surface area contributed by atoms with Crippen molar-refractivity contribution in [1.29, 1.82) is 0 Å². The predicted octanol–water partition coefficient (Wildman–Crippen LogP) is 4.77. The normalized spacial score (nSPS) is 12.4. The first kappa shape index (κ1) is 16.1. The second-order valence-electron chi connectivity index (χ2n) is 5.57. The minimum absolute atomic E-state index is 0.248. The van der Waals surface area contributed by atoms with Crippen LogP contribution in [0.1, 0.15) is 46.5 Å². The molecule has 0 saturated carbocycles. The van der Waals surface area contributed by atoms with Gasteiger partial charge >= 0.3 is 0 Å². The van der Waals surface area contributed by atoms with Crippen LogP contribution in [0.3, 0.4) is 0 Å².